The lowest BCUT2D eigenvalue weighted by molar-refractivity contribution is 1.02. The van der Waals surface area contributed by atoms with Crippen LogP contribution in [-0.2, 0) is 7.05 Å². The van der Waals surface area contributed by atoms with Crippen LogP contribution in [0.5, 0.6) is 0 Å². The Balaban J connectivity index is 0.713. The Morgan fingerprint density at radius 2 is 0.415 bits per heavy atom. The molecule has 0 bridgehead atoms. The predicted octanol–water partition coefficient (Wildman–Crippen LogP) is 29.5. The quantitative estimate of drug-likeness (QED) is 0.0903. The number of fused-ring (bicyclic) bond motifs is 7. The summed E-state index contributed by atoms with van der Waals surface area (Å²) in [6.07, 6.45) is 0. The summed E-state index contributed by atoms with van der Waals surface area (Å²) in [5.74, 6) is 3.37. The fourth-order valence-electron chi connectivity index (χ4n) is 17.8. The second kappa shape index (κ2) is 31.5. The van der Waals surface area contributed by atoms with Crippen LogP contribution in [0, 0.1) is 0 Å². The zero-order chi connectivity index (χ0) is 81.7. The van der Waals surface area contributed by atoms with Gasteiger partial charge in [-0.1, -0.05) is 346 Å². The van der Waals surface area contributed by atoms with Crippen LogP contribution in [0.3, 0.4) is 0 Å². The third kappa shape index (κ3) is 14.0. The molecule has 0 aliphatic heterocycles. The monoisotopic (exact) mass is 1570 g/mol. The van der Waals surface area contributed by atoms with E-state index in [9.17, 15) is 0 Å². The maximum atomic E-state index is 5.54. The number of aromatic nitrogens is 8. The molecule has 0 unspecified atom stereocenters. The van der Waals surface area contributed by atoms with Gasteiger partial charge in [0, 0.05) is 78.8 Å². The van der Waals surface area contributed by atoms with E-state index in [1.54, 1.807) is 0 Å². The zero-order valence-electron chi connectivity index (χ0n) is 67.2. The highest BCUT2D eigenvalue weighted by Gasteiger charge is 2.27. The van der Waals surface area contributed by atoms with Crippen molar-refractivity contribution < 1.29 is 0 Å². The number of benzene rings is 18. The Morgan fingerprint density at radius 3 is 0.732 bits per heavy atom. The first kappa shape index (κ1) is 73.0. The maximum Gasteiger partial charge on any atom is 0.164 e. The van der Waals surface area contributed by atoms with Crippen LogP contribution in [-0.4, -0.2) is 39.0 Å². The van der Waals surface area contributed by atoms with Gasteiger partial charge in [0.2, 0.25) is 0 Å². The number of hydrogen-bond acceptors (Lipinski definition) is 6. The molecule has 123 heavy (non-hydrogen) atoms. The SMILES string of the molecule is Cn1c2c(-c3ccc(-c4nc(-c5cc(-c6ccccc6)cc(-c6ccccc6)c5)nc(-c5cc(-c6ccccc6)cc(-c6ccccc6)c5)n4)cc3)cccc2c2c1c(-c1ccc(-c3nc(-c4cc(-c5ccccc5)cc(-c5ccccc5)c4)nc(-c4cc(-c5ccccc5)cc(-c5ccccc5)c4)n3)cc1)cc1c3ccccc3n(-c3ccccc3)c12. The smallest absolute Gasteiger partial charge is 0.164 e. The van der Waals surface area contributed by atoms with Gasteiger partial charge in [-0.2, -0.15) is 0 Å². The van der Waals surface area contributed by atoms with E-state index in [-0.39, 0.29) is 0 Å². The molecule has 0 radical (unpaired) electrons. The fourth-order valence-corrected chi connectivity index (χ4v) is 17.8. The summed E-state index contributed by atoms with van der Waals surface area (Å²) in [4.78, 5) is 33.1. The summed E-state index contributed by atoms with van der Waals surface area (Å²) in [6.45, 7) is 0. The molecule has 22 rings (SSSR count). The van der Waals surface area contributed by atoms with Crippen molar-refractivity contribution in [1.29, 1.82) is 0 Å². The average molecular weight is 1570 g/mol. The topological polar surface area (TPSA) is 87.2 Å². The van der Waals surface area contributed by atoms with Gasteiger partial charge >= 0.3 is 0 Å². The molecule has 18 aromatic carbocycles. The molecule has 0 spiro atoms. The van der Waals surface area contributed by atoms with E-state index in [2.05, 4.69) is 459 Å². The number of rotatable bonds is 17. The van der Waals surface area contributed by atoms with E-state index in [0.717, 1.165) is 194 Å². The fraction of sp³-hybridized carbons (Fsp3) is 0.00870. The molecule has 0 saturated heterocycles. The van der Waals surface area contributed by atoms with Gasteiger partial charge in [0.25, 0.3) is 0 Å². The molecule has 8 heteroatoms. The Bertz CT molecular complexity index is 7200. The van der Waals surface area contributed by atoms with Crippen LogP contribution >= 0.6 is 0 Å². The molecular formula is C115H76N8. The van der Waals surface area contributed by atoms with Crippen LogP contribution in [0.2, 0.25) is 0 Å². The number of aryl methyl sites for hydroxylation is 1. The van der Waals surface area contributed by atoms with E-state index >= 15 is 0 Å². The van der Waals surface area contributed by atoms with Gasteiger partial charge in [-0.15, -0.1) is 0 Å². The molecule has 4 heterocycles. The second-order valence-electron chi connectivity index (χ2n) is 31.4. The molecule has 8 nitrogen and oxygen atoms in total. The molecule has 0 N–H and O–H groups in total. The zero-order valence-corrected chi connectivity index (χ0v) is 67.2. The third-order valence-corrected chi connectivity index (χ3v) is 23.7. The lowest BCUT2D eigenvalue weighted by Crippen LogP contribution is -2.01. The van der Waals surface area contributed by atoms with Gasteiger partial charge in [-0.25, -0.2) is 29.9 Å². The summed E-state index contributed by atoms with van der Waals surface area (Å²) in [5, 5.41) is 4.60. The highest BCUT2D eigenvalue weighted by Crippen LogP contribution is 2.49. The van der Waals surface area contributed by atoms with Crippen LogP contribution in [0.1, 0.15) is 0 Å². The highest BCUT2D eigenvalue weighted by molar-refractivity contribution is 6.30. The predicted molar refractivity (Wildman–Crippen MR) is 509 cm³/mol. The second-order valence-corrected chi connectivity index (χ2v) is 31.4. The first-order valence-electron chi connectivity index (χ1n) is 41.7. The minimum atomic E-state index is 0.555. The molecule has 0 atom stereocenters. The lowest BCUT2D eigenvalue weighted by atomic mass is 9.95. The molecule has 0 fully saturated rings. The summed E-state index contributed by atoms with van der Waals surface area (Å²) in [5.41, 5.74) is 32.3. The Hall–Kier alpha value is -16.4. The van der Waals surface area contributed by atoms with E-state index < -0.39 is 0 Å². The Morgan fingerprint density at radius 1 is 0.163 bits per heavy atom. The molecule has 4 aromatic heterocycles. The minimum absolute atomic E-state index is 0.555. The maximum absolute atomic E-state index is 5.54. The van der Waals surface area contributed by atoms with E-state index in [1.807, 2.05) is 0 Å². The first-order chi connectivity index (χ1) is 60.8. The lowest BCUT2D eigenvalue weighted by Gasteiger charge is -2.14. The molecule has 576 valence electrons. The highest BCUT2D eigenvalue weighted by atomic mass is 15.0. The van der Waals surface area contributed by atoms with E-state index in [0.29, 0.717) is 34.9 Å². The molecular weight excluding hydrogens is 1490 g/mol. The minimum Gasteiger partial charge on any atom is -0.343 e. The number of nitrogens with zero attached hydrogens (tertiary/aromatic N) is 8. The van der Waals surface area contributed by atoms with Crippen molar-refractivity contribution in [3.63, 3.8) is 0 Å². The number of hydrogen-bond donors (Lipinski definition) is 0. The normalized spacial score (nSPS) is 11.5. The Labute approximate surface area is 713 Å². The van der Waals surface area contributed by atoms with Crippen molar-refractivity contribution in [1.82, 2.24) is 39.0 Å². The summed E-state index contributed by atoms with van der Waals surface area (Å²) >= 11 is 0. The van der Waals surface area contributed by atoms with Crippen LogP contribution in [0.25, 0.3) is 229 Å². The van der Waals surface area contributed by atoms with Crippen molar-refractivity contribution in [2.24, 2.45) is 7.05 Å². The molecule has 0 aliphatic rings. The van der Waals surface area contributed by atoms with Crippen LogP contribution < -0.4 is 0 Å². The van der Waals surface area contributed by atoms with Gasteiger partial charge in [0.05, 0.1) is 22.1 Å². The van der Waals surface area contributed by atoms with Gasteiger partial charge in [0.15, 0.2) is 34.9 Å². The van der Waals surface area contributed by atoms with Gasteiger partial charge < -0.3 is 9.13 Å². The molecule has 0 saturated carbocycles. The van der Waals surface area contributed by atoms with Crippen molar-refractivity contribution in [2.45, 2.75) is 0 Å². The summed E-state index contributed by atoms with van der Waals surface area (Å²) in [7, 11) is 2.24. The summed E-state index contributed by atoms with van der Waals surface area (Å²) in [6, 6.07) is 158. The van der Waals surface area contributed by atoms with Crippen molar-refractivity contribution in [2.75, 3.05) is 0 Å². The molecule has 22 aromatic rings. The van der Waals surface area contributed by atoms with Crippen molar-refractivity contribution in [3.05, 3.63) is 443 Å². The Kier molecular flexibility index (Phi) is 18.7. The van der Waals surface area contributed by atoms with Gasteiger partial charge in [0.1, 0.15) is 0 Å². The van der Waals surface area contributed by atoms with Crippen molar-refractivity contribution in [3.8, 4) is 185 Å². The first-order valence-corrected chi connectivity index (χ1v) is 41.7. The van der Waals surface area contributed by atoms with Crippen molar-refractivity contribution >= 4 is 43.6 Å². The van der Waals surface area contributed by atoms with E-state index in [1.165, 1.54) is 0 Å². The largest absolute Gasteiger partial charge is 0.343 e. The van der Waals surface area contributed by atoms with Gasteiger partial charge in [-0.05, 0) is 197 Å². The van der Waals surface area contributed by atoms with Crippen LogP contribution in [0.4, 0.5) is 0 Å². The standard InChI is InChI=1S/C115H76N8/c1-122-107-100(83-54-58-85(59-55-83)110-116-112(95-66-87(75-32-11-2-12-33-75)62-88(67-95)76-34-13-3-14-35-76)120-113(117-110)96-68-89(77-36-15-4-16-37-77)63-90(69-96)78-38-17-5-18-39-78)51-31-52-102(107)106-108(122)103(74-104-101-50-29-30-53-105(101)123(109(104)106)99-48-27-10-28-49-99)84-56-60-86(61-57-84)111-118-114(97-70-91(79-40-19-6-20-41-79)64-92(71-97)80-42-21-7-22-43-80)121-115(119-111)98-72-93(81-44-23-8-24-45-81)65-94(73-98)82-46-25-9-26-47-82/h2-74H,1H3. The van der Waals surface area contributed by atoms with E-state index in [4.69, 9.17) is 29.9 Å². The summed E-state index contributed by atoms with van der Waals surface area (Å²) < 4.78 is 4.89. The van der Waals surface area contributed by atoms with Crippen LogP contribution in [0.15, 0.2) is 443 Å². The average Bonchev–Trinajstić information content (AvgIpc) is 1.53. The number of para-hydroxylation sites is 3. The van der Waals surface area contributed by atoms with Gasteiger partial charge in [-0.3, -0.25) is 0 Å². The molecule has 0 amide bonds. The molecule has 0 aliphatic carbocycles. The third-order valence-electron chi connectivity index (χ3n) is 23.7.